The van der Waals surface area contributed by atoms with Crippen molar-refractivity contribution < 1.29 is 4.21 Å². The number of rotatable bonds is 2. The van der Waals surface area contributed by atoms with E-state index in [1.807, 2.05) is 60.7 Å². The maximum absolute atomic E-state index is 12.6. The van der Waals surface area contributed by atoms with Gasteiger partial charge in [0.05, 0.1) is 0 Å². The molecule has 0 amide bonds. The van der Waals surface area contributed by atoms with Gasteiger partial charge in [-0.2, -0.15) is 0 Å². The second kappa shape index (κ2) is 3.99. The number of hydrogen-bond donors (Lipinski definition) is 0. The second-order valence-corrected chi connectivity index (χ2v) is 6.10. The van der Waals surface area contributed by atoms with Gasteiger partial charge >= 0.3 is 0 Å². The lowest BCUT2D eigenvalue weighted by atomic mass is 10.4. The Balaban J connectivity index is 2.50. The molecule has 0 saturated heterocycles. The topological polar surface area (TPSA) is 17.1 Å². The molecule has 0 bridgehead atoms. The van der Waals surface area contributed by atoms with Gasteiger partial charge in [-0.1, -0.05) is 40.6 Å². The van der Waals surface area contributed by atoms with Crippen LogP contribution in [0.25, 0.3) is 0 Å². The van der Waals surface area contributed by atoms with Gasteiger partial charge in [0.15, 0.2) is 9.79 Å². The summed E-state index contributed by atoms with van der Waals surface area (Å²) in [5.41, 5.74) is 0. The Kier molecular flexibility index (Phi) is 2.69. The molecule has 2 heteroatoms. The third-order valence-corrected chi connectivity index (χ3v) is 4.73. The third kappa shape index (κ3) is 2.00. The zero-order valence-electron chi connectivity index (χ0n) is 8.59. The van der Waals surface area contributed by atoms with E-state index in [4.69, 9.17) is 0 Å². The van der Waals surface area contributed by atoms with Crippen molar-refractivity contribution in [2.45, 2.75) is 9.79 Å². The summed E-state index contributed by atoms with van der Waals surface area (Å²) in [5, 5.41) is 0. The molecule has 2 aromatic carbocycles. The molecule has 0 radical (unpaired) electrons. The molecule has 0 aliphatic rings. The molecule has 0 spiro atoms. The van der Waals surface area contributed by atoms with E-state index in [1.165, 1.54) is 0 Å². The largest absolute Gasteiger partial charge is 0.163 e. The number of hydrogen-bond acceptors (Lipinski definition) is 1. The van der Waals surface area contributed by atoms with E-state index in [1.54, 1.807) is 6.26 Å². The van der Waals surface area contributed by atoms with Crippen LogP contribution < -0.4 is 0 Å². The molecule has 2 rings (SSSR count). The summed E-state index contributed by atoms with van der Waals surface area (Å²) >= 11 is 0. The van der Waals surface area contributed by atoms with Gasteiger partial charge in [0.2, 0.25) is 0 Å². The minimum absolute atomic E-state index is 0.885. The zero-order valence-corrected chi connectivity index (χ0v) is 9.41. The molecule has 76 valence electrons. The average molecular weight is 217 g/mol. The molecule has 0 aliphatic carbocycles. The van der Waals surface area contributed by atoms with Crippen LogP contribution in [0.15, 0.2) is 70.5 Å². The van der Waals surface area contributed by atoms with Gasteiger partial charge in [-0.25, -0.2) is 0 Å². The molecule has 0 saturated carbocycles. The first-order valence-corrected chi connectivity index (χ1v) is 6.77. The Bertz CT molecular complexity index is 433. The monoisotopic (exact) mass is 217 g/mol. The van der Waals surface area contributed by atoms with Crippen molar-refractivity contribution in [3.05, 3.63) is 60.7 Å². The molecule has 15 heavy (non-hydrogen) atoms. The molecule has 0 atom stereocenters. The molecule has 0 aliphatic heterocycles. The highest BCUT2D eigenvalue weighted by Gasteiger charge is 2.27. The summed E-state index contributed by atoms with van der Waals surface area (Å²) < 4.78 is 12.6. The van der Waals surface area contributed by atoms with Gasteiger partial charge in [0.25, 0.3) is 0 Å². The Morgan fingerprint density at radius 3 is 1.40 bits per heavy atom. The lowest BCUT2D eigenvalue weighted by Crippen LogP contribution is -2.08. The SMILES string of the molecule is C[S+](=O)(c1ccccc1)c1ccccc1. The van der Waals surface area contributed by atoms with Crippen LogP contribution in [-0.2, 0) is 14.1 Å². The van der Waals surface area contributed by atoms with Crippen LogP contribution in [0.3, 0.4) is 0 Å². The molecular formula is C13H13OS+. The summed E-state index contributed by atoms with van der Waals surface area (Å²) in [7, 11) is -2.09. The van der Waals surface area contributed by atoms with Crippen molar-refractivity contribution in [1.29, 1.82) is 0 Å². The summed E-state index contributed by atoms with van der Waals surface area (Å²) in [6.45, 7) is 0. The van der Waals surface area contributed by atoms with Gasteiger partial charge in [0, 0.05) is 0 Å². The Hall–Kier alpha value is -1.41. The Morgan fingerprint density at radius 1 is 0.733 bits per heavy atom. The fourth-order valence-electron chi connectivity index (χ4n) is 1.50. The van der Waals surface area contributed by atoms with Gasteiger partial charge < -0.3 is 0 Å². The van der Waals surface area contributed by atoms with E-state index in [-0.39, 0.29) is 0 Å². The van der Waals surface area contributed by atoms with E-state index >= 15 is 0 Å². The molecule has 0 heterocycles. The predicted molar refractivity (Wildman–Crippen MR) is 63.4 cm³/mol. The molecule has 0 unspecified atom stereocenters. The van der Waals surface area contributed by atoms with Gasteiger partial charge in [-0.15, -0.1) is 0 Å². The van der Waals surface area contributed by atoms with Crippen LogP contribution in [0.5, 0.6) is 0 Å². The highest BCUT2D eigenvalue weighted by atomic mass is 32.2. The van der Waals surface area contributed by atoms with Crippen molar-refractivity contribution in [2.24, 2.45) is 0 Å². The van der Waals surface area contributed by atoms with E-state index in [0.717, 1.165) is 9.79 Å². The minimum Gasteiger partial charge on any atom is -0.0939 e. The van der Waals surface area contributed by atoms with E-state index in [2.05, 4.69) is 0 Å². The summed E-state index contributed by atoms with van der Waals surface area (Å²) in [6, 6.07) is 19.2. The summed E-state index contributed by atoms with van der Waals surface area (Å²) in [5.74, 6) is 0. The second-order valence-electron chi connectivity index (χ2n) is 3.47. The molecule has 1 nitrogen and oxygen atoms in total. The van der Waals surface area contributed by atoms with Crippen molar-refractivity contribution in [1.82, 2.24) is 0 Å². The van der Waals surface area contributed by atoms with E-state index < -0.39 is 9.93 Å². The van der Waals surface area contributed by atoms with Crippen LogP contribution in [0.2, 0.25) is 0 Å². The van der Waals surface area contributed by atoms with Crippen LogP contribution in [0.1, 0.15) is 0 Å². The maximum Gasteiger partial charge on any atom is 0.163 e. The number of benzene rings is 2. The smallest absolute Gasteiger partial charge is 0.0939 e. The zero-order chi connectivity index (χ0) is 10.7. The van der Waals surface area contributed by atoms with Crippen LogP contribution in [-0.4, -0.2) is 6.26 Å². The van der Waals surface area contributed by atoms with Gasteiger partial charge in [0.1, 0.15) is 16.2 Å². The summed E-state index contributed by atoms with van der Waals surface area (Å²) in [4.78, 5) is 1.77. The fraction of sp³-hybridized carbons (Fsp3) is 0.0769. The first kappa shape index (κ1) is 10.1. The molecule has 2 aromatic rings. The van der Waals surface area contributed by atoms with Crippen LogP contribution >= 0.6 is 0 Å². The molecule has 0 aromatic heterocycles. The van der Waals surface area contributed by atoms with Crippen LogP contribution in [0, 0.1) is 0 Å². The molecule has 0 fully saturated rings. The standard InChI is InChI=1S/C13H13OS/c1-15(14,12-8-4-2-5-9-12)13-10-6-3-7-11-13/h2-11H,1H3/q+1. The fourth-order valence-corrected chi connectivity index (χ4v) is 3.12. The van der Waals surface area contributed by atoms with Crippen molar-refractivity contribution >= 4 is 9.93 Å². The lowest BCUT2D eigenvalue weighted by Gasteiger charge is -2.05. The Morgan fingerprint density at radius 2 is 1.07 bits per heavy atom. The Labute approximate surface area is 91.2 Å². The highest BCUT2D eigenvalue weighted by Crippen LogP contribution is 2.25. The molecule has 0 N–H and O–H groups in total. The minimum atomic E-state index is -2.09. The first-order valence-electron chi connectivity index (χ1n) is 4.80. The predicted octanol–water partition coefficient (Wildman–Crippen LogP) is 3.23. The summed E-state index contributed by atoms with van der Waals surface area (Å²) in [6.07, 6.45) is 1.79. The van der Waals surface area contributed by atoms with E-state index in [0.29, 0.717) is 0 Å². The van der Waals surface area contributed by atoms with Crippen molar-refractivity contribution in [3.8, 4) is 0 Å². The van der Waals surface area contributed by atoms with Crippen molar-refractivity contribution in [3.63, 3.8) is 0 Å². The van der Waals surface area contributed by atoms with Gasteiger partial charge in [-0.3, -0.25) is 0 Å². The average Bonchev–Trinajstić information content (AvgIpc) is 2.31. The third-order valence-electron chi connectivity index (χ3n) is 2.39. The van der Waals surface area contributed by atoms with E-state index in [9.17, 15) is 4.21 Å². The lowest BCUT2D eigenvalue weighted by molar-refractivity contribution is 0.587. The quantitative estimate of drug-likeness (QED) is 0.706. The normalized spacial score (nSPS) is 11.3. The highest BCUT2D eigenvalue weighted by molar-refractivity contribution is 8.02. The first-order chi connectivity index (χ1) is 7.21. The molecular weight excluding hydrogens is 204 g/mol. The maximum atomic E-state index is 12.6. The van der Waals surface area contributed by atoms with Crippen LogP contribution in [0.4, 0.5) is 0 Å². The van der Waals surface area contributed by atoms with Crippen molar-refractivity contribution in [2.75, 3.05) is 6.26 Å². The van der Waals surface area contributed by atoms with Gasteiger partial charge in [-0.05, 0) is 24.3 Å².